The molecule has 2 heterocycles. The van der Waals surface area contributed by atoms with Crippen LogP contribution < -0.4 is 10.1 Å². The Labute approximate surface area is 191 Å². The van der Waals surface area contributed by atoms with Crippen LogP contribution in [0.15, 0.2) is 95.5 Å². The Morgan fingerprint density at radius 2 is 1.79 bits per heavy atom. The highest BCUT2D eigenvalue weighted by molar-refractivity contribution is 6.01. The molecule has 1 N–H and O–H groups in total. The van der Waals surface area contributed by atoms with Gasteiger partial charge in [0.15, 0.2) is 11.6 Å². The third-order valence-corrected chi connectivity index (χ3v) is 5.35. The minimum absolute atomic E-state index is 0.208. The molecule has 164 valence electrons. The summed E-state index contributed by atoms with van der Waals surface area (Å²) in [6.45, 7) is 2.92. The van der Waals surface area contributed by atoms with Crippen molar-refractivity contribution in [3.05, 3.63) is 114 Å². The molecule has 0 unspecified atom stereocenters. The Morgan fingerprint density at radius 3 is 2.67 bits per heavy atom. The molecule has 0 bridgehead atoms. The SMILES string of the molecule is Cc1ccc(Cn2ccc(NC(=O)c3ccc(COc4cccc5ccccc45)o3)n2)cc1. The lowest BCUT2D eigenvalue weighted by Gasteiger charge is -2.07. The monoisotopic (exact) mass is 437 g/mol. The number of aryl methyl sites for hydroxylation is 1. The van der Waals surface area contributed by atoms with Crippen LogP contribution in [0.3, 0.4) is 0 Å². The van der Waals surface area contributed by atoms with Crippen LogP contribution in [0.5, 0.6) is 5.75 Å². The summed E-state index contributed by atoms with van der Waals surface area (Å²) in [4.78, 5) is 12.6. The normalized spacial score (nSPS) is 10.9. The number of amides is 1. The largest absolute Gasteiger partial charge is 0.485 e. The van der Waals surface area contributed by atoms with E-state index in [0.29, 0.717) is 18.1 Å². The Kier molecular flexibility index (Phi) is 5.64. The number of hydrogen-bond acceptors (Lipinski definition) is 4. The number of fused-ring (bicyclic) bond motifs is 1. The molecule has 6 heteroatoms. The van der Waals surface area contributed by atoms with Crippen molar-refractivity contribution in [3.63, 3.8) is 0 Å². The van der Waals surface area contributed by atoms with Gasteiger partial charge in [-0.2, -0.15) is 5.10 Å². The van der Waals surface area contributed by atoms with Crippen molar-refractivity contribution < 1.29 is 13.9 Å². The molecule has 0 radical (unpaired) electrons. The molecule has 0 fully saturated rings. The molecule has 0 aliphatic heterocycles. The average molecular weight is 437 g/mol. The van der Waals surface area contributed by atoms with Crippen molar-refractivity contribution in [2.24, 2.45) is 0 Å². The number of benzene rings is 3. The second-order valence-electron chi connectivity index (χ2n) is 7.87. The van der Waals surface area contributed by atoms with Crippen LogP contribution in [-0.2, 0) is 13.2 Å². The fourth-order valence-electron chi connectivity index (χ4n) is 3.62. The second-order valence-corrected chi connectivity index (χ2v) is 7.87. The van der Waals surface area contributed by atoms with E-state index in [9.17, 15) is 4.79 Å². The van der Waals surface area contributed by atoms with Crippen LogP contribution in [0.1, 0.15) is 27.4 Å². The van der Waals surface area contributed by atoms with Gasteiger partial charge in [0.2, 0.25) is 0 Å². The summed E-state index contributed by atoms with van der Waals surface area (Å²) in [6, 6.07) is 27.4. The van der Waals surface area contributed by atoms with E-state index in [1.807, 2.05) is 48.7 Å². The van der Waals surface area contributed by atoms with Gasteiger partial charge in [-0.1, -0.05) is 66.2 Å². The maximum Gasteiger partial charge on any atom is 0.292 e. The maximum atomic E-state index is 12.6. The van der Waals surface area contributed by atoms with Gasteiger partial charge in [0.25, 0.3) is 5.91 Å². The molecule has 1 amide bonds. The molecule has 0 aliphatic carbocycles. The predicted molar refractivity (Wildman–Crippen MR) is 127 cm³/mol. The molecule has 0 saturated heterocycles. The number of nitrogens with one attached hydrogen (secondary N) is 1. The number of carbonyl (C=O) groups excluding carboxylic acids is 1. The van der Waals surface area contributed by atoms with E-state index >= 15 is 0 Å². The van der Waals surface area contributed by atoms with E-state index in [2.05, 4.69) is 41.6 Å². The van der Waals surface area contributed by atoms with E-state index in [-0.39, 0.29) is 18.3 Å². The first-order valence-electron chi connectivity index (χ1n) is 10.7. The van der Waals surface area contributed by atoms with Gasteiger partial charge in [-0.25, -0.2) is 0 Å². The van der Waals surface area contributed by atoms with Gasteiger partial charge in [0, 0.05) is 17.6 Å². The summed E-state index contributed by atoms with van der Waals surface area (Å²) in [7, 11) is 0. The molecule has 3 aromatic carbocycles. The zero-order chi connectivity index (χ0) is 22.6. The van der Waals surface area contributed by atoms with E-state index in [4.69, 9.17) is 9.15 Å². The standard InChI is InChI=1S/C27H23N3O3/c1-19-9-11-20(12-10-19)17-30-16-15-26(29-30)28-27(31)25-14-13-22(33-25)18-32-24-8-4-6-21-5-2-3-7-23(21)24/h2-16H,17-18H2,1H3,(H,28,29,31). The van der Waals surface area contributed by atoms with Gasteiger partial charge in [0.1, 0.15) is 18.1 Å². The van der Waals surface area contributed by atoms with Crippen molar-refractivity contribution >= 4 is 22.5 Å². The van der Waals surface area contributed by atoms with E-state index < -0.39 is 0 Å². The lowest BCUT2D eigenvalue weighted by Crippen LogP contribution is -2.12. The number of aromatic nitrogens is 2. The van der Waals surface area contributed by atoms with Gasteiger partial charge < -0.3 is 14.5 Å². The minimum Gasteiger partial charge on any atom is -0.485 e. The molecule has 2 aromatic heterocycles. The first-order chi connectivity index (χ1) is 16.1. The third kappa shape index (κ3) is 4.80. The van der Waals surface area contributed by atoms with E-state index in [1.54, 1.807) is 22.9 Å². The van der Waals surface area contributed by atoms with Crippen molar-refractivity contribution in [2.75, 3.05) is 5.32 Å². The first-order valence-corrected chi connectivity index (χ1v) is 10.7. The summed E-state index contributed by atoms with van der Waals surface area (Å²) in [6.07, 6.45) is 1.83. The Balaban J connectivity index is 1.20. The number of rotatable bonds is 7. The Bertz CT molecular complexity index is 1390. The van der Waals surface area contributed by atoms with Crippen LogP contribution >= 0.6 is 0 Å². The van der Waals surface area contributed by atoms with Crippen molar-refractivity contribution in [3.8, 4) is 5.75 Å². The van der Waals surface area contributed by atoms with Crippen molar-refractivity contribution in [2.45, 2.75) is 20.1 Å². The quantitative estimate of drug-likeness (QED) is 0.348. The average Bonchev–Trinajstić information content (AvgIpc) is 3.49. The van der Waals surface area contributed by atoms with Gasteiger partial charge in [-0.05, 0) is 36.1 Å². The van der Waals surface area contributed by atoms with Crippen LogP contribution in [-0.4, -0.2) is 15.7 Å². The number of anilines is 1. The van der Waals surface area contributed by atoms with Crippen LogP contribution in [0.25, 0.3) is 10.8 Å². The summed E-state index contributed by atoms with van der Waals surface area (Å²) < 4.78 is 13.4. The third-order valence-electron chi connectivity index (χ3n) is 5.35. The van der Waals surface area contributed by atoms with E-state index in [1.165, 1.54) is 5.56 Å². The summed E-state index contributed by atoms with van der Waals surface area (Å²) in [5.41, 5.74) is 2.36. The molecular weight excluding hydrogens is 414 g/mol. The highest BCUT2D eigenvalue weighted by Crippen LogP contribution is 2.26. The zero-order valence-corrected chi connectivity index (χ0v) is 18.2. The Morgan fingerprint density at radius 1 is 0.970 bits per heavy atom. The lowest BCUT2D eigenvalue weighted by atomic mass is 10.1. The highest BCUT2D eigenvalue weighted by Gasteiger charge is 2.14. The molecule has 5 aromatic rings. The van der Waals surface area contributed by atoms with Gasteiger partial charge in [-0.3, -0.25) is 9.48 Å². The summed E-state index contributed by atoms with van der Waals surface area (Å²) >= 11 is 0. The van der Waals surface area contributed by atoms with Gasteiger partial charge in [-0.15, -0.1) is 0 Å². The Hall–Kier alpha value is -4.32. The fourth-order valence-corrected chi connectivity index (χ4v) is 3.62. The molecule has 0 aliphatic rings. The number of hydrogen-bond donors (Lipinski definition) is 1. The molecule has 0 saturated carbocycles. The molecule has 6 nitrogen and oxygen atoms in total. The fraction of sp³-hybridized carbons (Fsp3) is 0.111. The highest BCUT2D eigenvalue weighted by atomic mass is 16.5. The number of ether oxygens (including phenoxy) is 1. The first kappa shape index (κ1) is 20.6. The molecule has 0 spiro atoms. The second kappa shape index (κ2) is 9.04. The molecular formula is C27H23N3O3. The molecule has 5 rings (SSSR count). The van der Waals surface area contributed by atoms with Crippen LogP contribution in [0, 0.1) is 6.92 Å². The summed E-state index contributed by atoms with van der Waals surface area (Å²) in [5, 5.41) is 9.34. The van der Waals surface area contributed by atoms with Crippen LogP contribution in [0.4, 0.5) is 5.82 Å². The van der Waals surface area contributed by atoms with Crippen molar-refractivity contribution in [1.29, 1.82) is 0 Å². The van der Waals surface area contributed by atoms with Crippen molar-refractivity contribution in [1.82, 2.24) is 9.78 Å². The summed E-state index contributed by atoms with van der Waals surface area (Å²) in [5.74, 6) is 1.66. The zero-order valence-electron chi connectivity index (χ0n) is 18.2. The molecule has 0 atom stereocenters. The number of nitrogens with zero attached hydrogens (tertiary/aromatic N) is 2. The predicted octanol–water partition coefficient (Wildman–Crippen LogP) is 5.82. The number of carbonyl (C=O) groups is 1. The number of furan rings is 1. The lowest BCUT2D eigenvalue weighted by molar-refractivity contribution is 0.0992. The minimum atomic E-state index is -0.355. The van der Waals surface area contributed by atoms with Gasteiger partial charge >= 0.3 is 0 Å². The molecule has 33 heavy (non-hydrogen) atoms. The maximum absolute atomic E-state index is 12.6. The smallest absolute Gasteiger partial charge is 0.292 e. The topological polar surface area (TPSA) is 69.3 Å². The van der Waals surface area contributed by atoms with E-state index in [0.717, 1.165) is 22.1 Å². The van der Waals surface area contributed by atoms with Gasteiger partial charge in [0.05, 0.1) is 6.54 Å². The van der Waals surface area contributed by atoms with Crippen LogP contribution in [0.2, 0.25) is 0 Å².